The average molecular weight is 343 g/mol. The van der Waals surface area contributed by atoms with Gasteiger partial charge in [0.1, 0.15) is 11.2 Å². The maximum Gasteiger partial charge on any atom is 0.411 e. The van der Waals surface area contributed by atoms with Crippen molar-refractivity contribution in [2.45, 2.75) is 58.8 Å². The van der Waals surface area contributed by atoms with Crippen LogP contribution in [-0.2, 0) is 14.3 Å². The highest BCUT2D eigenvalue weighted by Crippen LogP contribution is 2.21. The number of rotatable bonds is 4. The lowest BCUT2D eigenvalue weighted by Gasteiger charge is -2.45. The van der Waals surface area contributed by atoms with Gasteiger partial charge in [-0.25, -0.2) is 9.59 Å². The number of Topliss-reactive ketones (excluding diaryl/α,β-unsaturated/α-hetero) is 1. The predicted octanol–water partition coefficient (Wildman–Crippen LogP) is 1.37. The molecule has 1 rings (SSSR count). The number of hydrogen-bond donors (Lipinski definition) is 1. The van der Waals surface area contributed by atoms with Crippen molar-refractivity contribution in [3.63, 3.8) is 0 Å². The number of likely N-dealkylation sites (tertiary alicyclic amines) is 1. The van der Waals surface area contributed by atoms with Crippen LogP contribution < -0.4 is 5.73 Å². The van der Waals surface area contributed by atoms with E-state index in [9.17, 15) is 14.4 Å². The fraction of sp³-hybridized carbons (Fsp3) is 0.812. The van der Waals surface area contributed by atoms with Crippen LogP contribution in [0.15, 0.2) is 0 Å². The van der Waals surface area contributed by atoms with Crippen molar-refractivity contribution in [1.29, 1.82) is 0 Å². The van der Waals surface area contributed by atoms with Crippen molar-refractivity contribution in [2.75, 3.05) is 26.2 Å². The summed E-state index contributed by atoms with van der Waals surface area (Å²) in [7, 11) is 0. The Morgan fingerprint density at radius 2 is 1.54 bits per heavy atom. The summed E-state index contributed by atoms with van der Waals surface area (Å²) in [6.07, 6.45) is -1.02. The van der Waals surface area contributed by atoms with Crippen LogP contribution in [0.3, 0.4) is 0 Å². The largest absolute Gasteiger partial charge is 0.444 e. The molecule has 0 aromatic rings. The summed E-state index contributed by atoms with van der Waals surface area (Å²) >= 11 is 0. The topological polar surface area (TPSA) is 102 Å². The van der Waals surface area contributed by atoms with Crippen molar-refractivity contribution in [3.05, 3.63) is 0 Å². The molecule has 0 aliphatic carbocycles. The molecule has 8 heteroatoms. The highest BCUT2D eigenvalue weighted by atomic mass is 16.6. The smallest absolute Gasteiger partial charge is 0.411 e. The molecule has 0 unspecified atom stereocenters. The zero-order chi connectivity index (χ0) is 18.7. The van der Waals surface area contributed by atoms with Crippen LogP contribution in [0.1, 0.15) is 41.5 Å². The second kappa shape index (κ2) is 7.38. The summed E-state index contributed by atoms with van der Waals surface area (Å²) in [4.78, 5) is 38.8. The summed E-state index contributed by atoms with van der Waals surface area (Å²) in [6.45, 7) is 10.9. The molecule has 138 valence electrons. The number of ether oxygens (including phenoxy) is 2. The Kier molecular flexibility index (Phi) is 6.21. The Bertz CT molecular complexity index is 487. The van der Waals surface area contributed by atoms with Gasteiger partial charge < -0.3 is 20.1 Å². The van der Waals surface area contributed by atoms with Gasteiger partial charge in [0.25, 0.3) is 0 Å². The van der Waals surface area contributed by atoms with E-state index < -0.39 is 23.4 Å². The monoisotopic (exact) mass is 343 g/mol. The van der Waals surface area contributed by atoms with Gasteiger partial charge in [-0.3, -0.25) is 9.69 Å². The molecule has 0 bridgehead atoms. The van der Waals surface area contributed by atoms with Crippen LogP contribution in [0.5, 0.6) is 0 Å². The van der Waals surface area contributed by atoms with Gasteiger partial charge in [-0.15, -0.1) is 0 Å². The minimum Gasteiger partial charge on any atom is -0.444 e. The van der Waals surface area contributed by atoms with Crippen LogP contribution in [0.4, 0.5) is 9.59 Å². The summed E-state index contributed by atoms with van der Waals surface area (Å²) in [5, 5.41) is 0. The van der Waals surface area contributed by atoms with Gasteiger partial charge in [-0.05, 0) is 41.5 Å². The van der Waals surface area contributed by atoms with Gasteiger partial charge in [0.2, 0.25) is 0 Å². The summed E-state index contributed by atoms with van der Waals surface area (Å²) in [5.41, 5.74) is 4.09. The second-order valence-corrected chi connectivity index (χ2v) is 7.89. The molecule has 0 atom stereocenters. The standard InChI is InChI=1S/C16H29N3O5/c1-15(2,3)23-13(21)18-8-11(9-18)19(10-12(20)7-17)14(22)24-16(4,5)6/h11H,7-10,17H2,1-6H3. The number of nitrogens with zero attached hydrogens (tertiary/aromatic N) is 2. The Morgan fingerprint density at radius 3 is 1.96 bits per heavy atom. The predicted molar refractivity (Wildman–Crippen MR) is 88.6 cm³/mol. The Morgan fingerprint density at radius 1 is 1.04 bits per heavy atom. The van der Waals surface area contributed by atoms with Gasteiger partial charge in [-0.2, -0.15) is 0 Å². The maximum absolute atomic E-state index is 12.3. The van der Waals surface area contributed by atoms with E-state index in [1.54, 1.807) is 41.5 Å². The average Bonchev–Trinajstić information content (AvgIpc) is 2.30. The van der Waals surface area contributed by atoms with Gasteiger partial charge in [0.15, 0.2) is 5.78 Å². The molecule has 1 aliphatic heterocycles. The normalized spacial score (nSPS) is 15.5. The van der Waals surface area contributed by atoms with Crippen LogP contribution in [0.25, 0.3) is 0 Å². The fourth-order valence-electron chi connectivity index (χ4n) is 2.05. The minimum atomic E-state index is -0.671. The molecule has 0 saturated carbocycles. The number of carbonyl (C=O) groups is 3. The maximum atomic E-state index is 12.3. The van der Waals surface area contributed by atoms with Crippen LogP contribution in [0, 0.1) is 0 Å². The highest BCUT2D eigenvalue weighted by Gasteiger charge is 2.40. The van der Waals surface area contributed by atoms with E-state index in [4.69, 9.17) is 15.2 Å². The molecule has 8 nitrogen and oxygen atoms in total. The minimum absolute atomic E-state index is 0.127. The number of ketones is 1. The third-order valence-electron chi connectivity index (χ3n) is 3.16. The van der Waals surface area contributed by atoms with Gasteiger partial charge in [-0.1, -0.05) is 0 Å². The van der Waals surface area contributed by atoms with E-state index in [1.165, 1.54) is 9.80 Å². The lowest BCUT2D eigenvalue weighted by Crippen LogP contribution is -2.64. The second-order valence-electron chi connectivity index (χ2n) is 7.89. The highest BCUT2D eigenvalue weighted by molar-refractivity contribution is 5.85. The quantitative estimate of drug-likeness (QED) is 0.827. The first-order valence-electron chi connectivity index (χ1n) is 8.01. The molecule has 2 N–H and O–H groups in total. The third-order valence-corrected chi connectivity index (χ3v) is 3.16. The summed E-state index contributed by atoms with van der Waals surface area (Å²) in [5.74, 6) is -0.267. The first-order valence-corrected chi connectivity index (χ1v) is 8.01. The van der Waals surface area contributed by atoms with E-state index in [2.05, 4.69) is 0 Å². The molecular formula is C16H29N3O5. The molecule has 24 heavy (non-hydrogen) atoms. The fourth-order valence-corrected chi connectivity index (χ4v) is 2.05. The van der Waals surface area contributed by atoms with E-state index in [-0.39, 0.29) is 24.9 Å². The van der Waals surface area contributed by atoms with Crippen molar-refractivity contribution < 1.29 is 23.9 Å². The Hall–Kier alpha value is -1.83. The summed E-state index contributed by atoms with van der Waals surface area (Å²) in [6, 6.07) is -0.289. The molecule has 0 aromatic heterocycles. The third kappa shape index (κ3) is 6.35. The van der Waals surface area contributed by atoms with Crippen molar-refractivity contribution in [2.24, 2.45) is 5.73 Å². The first kappa shape index (κ1) is 20.2. The summed E-state index contributed by atoms with van der Waals surface area (Å²) < 4.78 is 10.6. The van der Waals surface area contributed by atoms with Crippen molar-refractivity contribution >= 4 is 18.0 Å². The number of amides is 2. The van der Waals surface area contributed by atoms with Crippen LogP contribution >= 0.6 is 0 Å². The molecule has 0 spiro atoms. The van der Waals surface area contributed by atoms with E-state index in [0.29, 0.717) is 13.1 Å². The Balaban J connectivity index is 2.69. The SMILES string of the molecule is CC(C)(C)OC(=O)N1CC(N(CC(=O)CN)C(=O)OC(C)(C)C)C1. The first-order chi connectivity index (χ1) is 10.8. The molecular weight excluding hydrogens is 314 g/mol. The zero-order valence-corrected chi connectivity index (χ0v) is 15.4. The number of carbonyl (C=O) groups excluding carboxylic acids is 3. The van der Waals surface area contributed by atoms with Crippen molar-refractivity contribution in [1.82, 2.24) is 9.80 Å². The van der Waals surface area contributed by atoms with Gasteiger partial charge >= 0.3 is 12.2 Å². The number of nitrogens with two attached hydrogens (primary N) is 1. The van der Waals surface area contributed by atoms with Crippen LogP contribution in [-0.4, -0.2) is 71.2 Å². The van der Waals surface area contributed by atoms with Gasteiger partial charge in [0.05, 0.1) is 19.1 Å². The molecule has 0 radical (unpaired) electrons. The van der Waals surface area contributed by atoms with Crippen molar-refractivity contribution in [3.8, 4) is 0 Å². The van der Waals surface area contributed by atoms with Gasteiger partial charge in [0, 0.05) is 13.1 Å². The molecule has 1 saturated heterocycles. The molecule has 1 heterocycles. The Labute approximate surface area is 143 Å². The number of hydrogen-bond acceptors (Lipinski definition) is 6. The molecule has 0 aromatic carbocycles. The van der Waals surface area contributed by atoms with E-state index in [0.717, 1.165) is 0 Å². The molecule has 1 aliphatic rings. The zero-order valence-electron chi connectivity index (χ0n) is 15.4. The lowest BCUT2D eigenvalue weighted by molar-refractivity contribution is -0.120. The van der Waals surface area contributed by atoms with E-state index in [1.807, 2.05) is 0 Å². The van der Waals surface area contributed by atoms with E-state index >= 15 is 0 Å². The molecule has 2 amide bonds. The molecule has 1 fully saturated rings. The lowest BCUT2D eigenvalue weighted by atomic mass is 10.1. The van der Waals surface area contributed by atoms with Crippen LogP contribution in [0.2, 0.25) is 0 Å².